The Morgan fingerprint density at radius 3 is 2.42 bits per heavy atom. The van der Waals surface area contributed by atoms with Crippen molar-refractivity contribution < 1.29 is 14.6 Å². The van der Waals surface area contributed by atoms with E-state index >= 15 is 0 Å². The highest BCUT2D eigenvalue weighted by atomic mass is 35.5. The Balaban J connectivity index is 1.42. The molecule has 0 saturated heterocycles. The standard InChI is InChI=1S/C31H22Cl2N2O3/c32-25-12-13-26(27(33)17-25)28-18-34-30(35-28)15-11-24-16-23(21-4-2-1-3-5-21)10-14-29(24)38-19-20-6-8-22(9-7-20)31(36)37/h1-18H,19H2,(H,34,35)(H,36,37)/b15-11+. The van der Waals surface area contributed by atoms with Crippen molar-refractivity contribution in [2.24, 2.45) is 0 Å². The highest BCUT2D eigenvalue weighted by Crippen LogP contribution is 2.31. The molecule has 0 aliphatic rings. The molecule has 188 valence electrons. The fraction of sp³-hybridized carbons (Fsp3) is 0.0323. The molecular formula is C31H22Cl2N2O3. The van der Waals surface area contributed by atoms with Crippen LogP contribution < -0.4 is 4.74 Å². The number of imidazole rings is 1. The minimum atomic E-state index is -0.958. The Morgan fingerprint density at radius 2 is 1.68 bits per heavy atom. The number of nitrogens with zero attached hydrogens (tertiary/aromatic N) is 1. The lowest BCUT2D eigenvalue weighted by Crippen LogP contribution is -2.00. The van der Waals surface area contributed by atoms with Gasteiger partial charge in [0.1, 0.15) is 18.2 Å². The molecule has 2 N–H and O–H groups in total. The first-order chi connectivity index (χ1) is 18.5. The number of aromatic nitrogens is 2. The Kier molecular flexibility index (Phi) is 7.59. The van der Waals surface area contributed by atoms with Crippen LogP contribution in [-0.4, -0.2) is 21.0 Å². The van der Waals surface area contributed by atoms with Gasteiger partial charge in [0.2, 0.25) is 0 Å². The van der Waals surface area contributed by atoms with Gasteiger partial charge in [-0.05, 0) is 71.3 Å². The molecular weight excluding hydrogens is 519 g/mol. The summed E-state index contributed by atoms with van der Waals surface area (Å²) < 4.78 is 6.15. The fourth-order valence-corrected chi connectivity index (χ4v) is 4.47. The number of aromatic amines is 1. The van der Waals surface area contributed by atoms with Gasteiger partial charge in [-0.25, -0.2) is 9.78 Å². The number of halogens is 2. The summed E-state index contributed by atoms with van der Waals surface area (Å²) in [6.45, 7) is 0.297. The molecule has 0 aliphatic heterocycles. The zero-order valence-corrected chi connectivity index (χ0v) is 21.6. The van der Waals surface area contributed by atoms with Gasteiger partial charge in [0.05, 0.1) is 22.5 Å². The molecule has 4 aromatic carbocycles. The highest BCUT2D eigenvalue weighted by molar-refractivity contribution is 6.36. The van der Waals surface area contributed by atoms with E-state index in [1.807, 2.05) is 48.6 Å². The van der Waals surface area contributed by atoms with Crippen LogP contribution in [0.25, 0.3) is 34.5 Å². The quantitative estimate of drug-likeness (QED) is 0.207. The van der Waals surface area contributed by atoms with E-state index in [9.17, 15) is 4.79 Å². The highest BCUT2D eigenvalue weighted by Gasteiger charge is 2.09. The molecule has 7 heteroatoms. The van der Waals surface area contributed by atoms with E-state index in [4.69, 9.17) is 33.0 Å². The molecule has 0 bridgehead atoms. The topological polar surface area (TPSA) is 75.2 Å². The second-order valence-electron chi connectivity index (χ2n) is 8.55. The molecule has 5 rings (SSSR count). The summed E-state index contributed by atoms with van der Waals surface area (Å²) in [5.41, 5.74) is 5.72. The zero-order chi connectivity index (χ0) is 26.5. The van der Waals surface area contributed by atoms with E-state index in [1.165, 1.54) is 0 Å². The van der Waals surface area contributed by atoms with Gasteiger partial charge in [-0.2, -0.15) is 0 Å². The molecule has 5 nitrogen and oxygen atoms in total. The van der Waals surface area contributed by atoms with Gasteiger partial charge in [-0.1, -0.05) is 71.7 Å². The number of carbonyl (C=O) groups is 1. The van der Waals surface area contributed by atoms with E-state index < -0.39 is 5.97 Å². The molecule has 5 aromatic rings. The molecule has 0 fully saturated rings. The van der Waals surface area contributed by atoms with Crippen LogP contribution in [0.1, 0.15) is 27.3 Å². The number of carboxylic acids is 1. The van der Waals surface area contributed by atoms with Gasteiger partial charge in [-0.15, -0.1) is 0 Å². The van der Waals surface area contributed by atoms with Gasteiger partial charge >= 0.3 is 5.97 Å². The molecule has 0 saturated carbocycles. The minimum absolute atomic E-state index is 0.238. The van der Waals surface area contributed by atoms with Crippen molar-refractivity contribution in [3.8, 4) is 28.1 Å². The van der Waals surface area contributed by atoms with Crippen LogP contribution in [0, 0.1) is 0 Å². The molecule has 0 spiro atoms. The molecule has 1 aromatic heterocycles. The number of aromatic carboxylic acids is 1. The average molecular weight is 541 g/mol. The molecule has 0 unspecified atom stereocenters. The number of hydrogen-bond donors (Lipinski definition) is 2. The number of hydrogen-bond acceptors (Lipinski definition) is 3. The maximum Gasteiger partial charge on any atom is 0.335 e. The maximum absolute atomic E-state index is 11.1. The second kappa shape index (κ2) is 11.4. The van der Waals surface area contributed by atoms with Crippen LogP contribution in [0.15, 0.2) is 97.2 Å². The molecule has 0 amide bonds. The second-order valence-corrected chi connectivity index (χ2v) is 9.39. The summed E-state index contributed by atoms with van der Waals surface area (Å²) in [5.74, 6) is 0.392. The van der Waals surface area contributed by atoms with E-state index in [0.29, 0.717) is 28.2 Å². The number of carboxylic acid groups (broad SMARTS) is 1. The lowest BCUT2D eigenvalue weighted by atomic mass is 10.0. The van der Waals surface area contributed by atoms with Crippen LogP contribution in [0.3, 0.4) is 0 Å². The number of nitrogens with one attached hydrogen (secondary N) is 1. The lowest BCUT2D eigenvalue weighted by molar-refractivity contribution is 0.0697. The van der Waals surface area contributed by atoms with Crippen molar-refractivity contribution >= 4 is 41.3 Å². The summed E-state index contributed by atoms with van der Waals surface area (Å²) >= 11 is 12.4. The third kappa shape index (κ3) is 5.97. The summed E-state index contributed by atoms with van der Waals surface area (Å²) in [6.07, 6.45) is 5.56. The molecule has 0 atom stereocenters. The van der Waals surface area contributed by atoms with Gasteiger partial charge in [0.15, 0.2) is 0 Å². The predicted octanol–water partition coefficient (Wildman–Crippen LogP) is 8.50. The Hall–Kier alpha value is -4.32. The Labute approximate surface area is 230 Å². The summed E-state index contributed by atoms with van der Waals surface area (Å²) in [4.78, 5) is 18.9. The van der Waals surface area contributed by atoms with Gasteiger partial charge < -0.3 is 14.8 Å². The maximum atomic E-state index is 11.1. The van der Waals surface area contributed by atoms with Crippen LogP contribution in [-0.2, 0) is 6.61 Å². The van der Waals surface area contributed by atoms with E-state index in [-0.39, 0.29) is 5.56 Å². The number of benzene rings is 4. The Bertz CT molecular complexity index is 1610. The van der Waals surface area contributed by atoms with Gasteiger partial charge in [0.25, 0.3) is 0 Å². The van der Waals surface area contributed by atoms with E-state index in [1.54, 1.807) is 42.6 Å². The summed E-state index contributed by atoms with van der Waals surface area (Å²) in [6, 6.07) is 28.1. The first kappa shape index (κ1) is 25.3. The lowest BCUT2D eigenvalue weighted by Gasteiger charge is -2.12. The van der Waals surface area contributed by atoms with Crippen LogP contribution >= 0.6 is 23.2 Å². The van der Waals surface area contributed by atoms with E-state index in [0.717, 1.165) is 33.5 Å². The van der Waals surface area contributed by atoms with Gasteiger partial charge in [0, 0.05) is 16.1 Å². The third-order valence-electron chi connectivity index (χ3n) is 5.95. The molecule has 1 heterocycles. The predicted molar refractivity (Wildman–Crippen MR) is 153 cm³/mol. The first-order valence-corrected chi connectivity index (χ1v) is 12.5. The molecule has 0 radical (unpaired) electrons. The monoisotopic (exact) mass is 540 g/mol. The normalized spacial score (nSPS) is 11.1. The first-order valence-electron chi connectivity index (χ1n) is 11.8. The van der Waals surface area contributed by atoms with Gasteiger partial charge in [-0.3, -0.25) is 0 Å². The van der Waals surface area contributed by atoms with Crippen molar-refractivity contribution in [1.82, 2.24) is 9.97 Å². The Morgan fingerprint density at radius 1 is 0.895 bits per heavy atom. The summed E-state index contributed by atoms with van der Waals surface area (Å²) in [7, 11) is 0. The van der Waals surface area contributed by atoms with Crippen molar-refractivity contribution in [1.29, 1.82) is 0 Å². The van der Waals surface area contributed by atoms with Crippen molar-refractivity contribution in [2.75, 3.05) is 0 Å². The zero-order valence-electron chi connectivity index (χ0n) is 20.1. The van der Waals surface area contributed by atoms with Crippen LogP contribution in [0.4, 0.5) is 0 Å². The minimum Gasteiger partial charge on any atom is -0.488 e. The number of rotatable bonds is 8. The van der Waals surface area contributed by atoms with Crippen molar-refractivity contribution in [3.05, 3.63) is 130 Å². The van der Waals surface area contributed by atoms with Crippen molar-refractivity contribution in [3.63, 3.8) is 0 Å². The molecule has 0 aliphatic carbocycles. The smallest absolute Gasteiger partial charge is 0.335 e. The van der Waals surface area contributed by atoms with Crippen molar-refractivity contribution in [2.45, 2.75) is 6.61 Å². The average Bonchev–Trinajstić information content (AvgIpc) is 3.40. The van der Waals surface area contributed by atoms with Crippen LogP contribution in [0.5, 0.6) is 5.75 Å². The largest absolute Gasteiger partial charge is 0.488 e. The van der Waals surface area contributed by atoms with Crippen LogP contribution in [0.2, 0.25) is 10.0 Å². The SMILES string of the molecule is O=C(O)c1ccc(COc2ccc(-c3ccccc3)cc2/C=C/c2ncc(-c3ccc(Cl)cc3Cl)[nH]2)cc1. The number of ether oxygens (including phenoxy) is 1. The summed E-state index contributed by atoms with van der Waals surface area (Å²) in [5, 5.41) is 10.2. The van der Waals surface area contributed by atoms with E-state index in [2.05, 4.69) is 28.2 Å². The number of H-pyrrole nitrogens is 1. The molecule has 38 heavy (non-hydrogen) atoms. The third-order valence-corrected chi connectivity index (χ3v) is 6.50. The fourth-order valence-electron chi connectivity index (χ4n) is 3.96.